The number of hydrogen-bond acceptors (Lipinski definition) is 2. The van der Waals surface area contributed by atoms with Gasteiger partial charge in [-0.25, -0.2) is 8.78 Å². The normalized spacial score (nSPS) is 12.3. The molecule has 0 heterocycles. The summed E-state index contributed by atoms with van der Waals surface area (Å²) in [6.07, 6.45) is 0. The molecule has 0 aliphatic rings. The summed E-state index contributed by atoms with van der Waals surface area (Å²) >= 11 is 2.09. The molecule has 2 N–H and O–H groups in total. The van der Waals surface area contributed by atoms with Gasteiger partial charge in [-0.3, -0.25) is 0 Å². The average molecular weight is 375 g/mol. The van der Waals surface area contributed by atoms with Crippen molar-refractivity contribution in [2.45, 2.75) is 6.04 Å². The lowest BCUT2D eigenvalue weighted by atomic mass is 9.98. The molecule has 2 aromatic carbocycles. The molecular formula is C14H12F2INO. The first-order chi connectivity index (χ1) is 9.04. The van der Waals surface area contributed by atoms with Crippen molar-refractivity contribution in [2.24, 2.45) is 5.73 Å². The summed E-state index contributed by atoms with van der Waals surface area (Å²) in [5.41, 5.74) is 6.52. The molecule has 0 spiro atoms. The maximum absolute atomic E-state index is 14.0. The number of ether oxygens (including phenoxy) is 1. The smallest absolute Gasteiger partial charge is 0.134 e. The highest BCUT2D eigenvalue weighted by molar-refractivity contribution is 14.1. The van der Waals surface area contributed by atoms with Gasteiger partial charge in [0.1, 0.15) is 17.4 Å². The van der Waals surface area contributed by atoms with Crippen molar-refractivity contribution < 1.29 is 13.5 Å². The highest BCUT2D eigenvalue weighted by Crippen LogP contribution is 2.30. The number of methoxy groups -OCH3 is 1. The number of rotatable bonds is 3. The summed E-state index contributed by atoms with van der Waals surface area (Å²) in [7, 11) is 1.36. The van der Waals surface area contributed by atoms with Crippen LogP contribution in [-0.2, 0) is 0 Å². The Kier molecular flexibility index (Phi) is 4.36. The zero-order valence-electron chi connectivity index (χ0n) is 10.2. The third kappa shape index (κ3) is 2.87. The molecule has 0 fully saturated rings. The molecule has 1 atom stereocenters. The fraction of sp³-hybridized carbons (Fsp3) is 0.143. The van der Waals surface area contributed by atoms with Crippen LogP contribution >= 0.6 is 22.6 Å². The Morgan fingerprint density at radius 3 is 2.26 bits per heavy atom. The van der Waals surface area contributed by atoms with Crippen molar-refractivity contribution in [1.29, 1.82) is 0 Å². The van der Waals surface area contributed by atoms with Crippen molar-refractivity contribution in [1.82, 2.24) is 0 Å². The number of benzene rings is 2. The van der Waals surface area contributed by atoms with E-state index >= 15 is 0 Å². The van der Waals surface area contributed by atoms with E-state index in [1.807, 2.05) is 12.1 Å². The van der Waals surface area contributed by atoms with Crippen LogP contribution < -0.4 is 10.5 Å². The average Bonchev–Trinajstić information content (AvgIpc) is 2.38. The van der Waals surface area contributed by atoms with Crippen LogP contribution in [0.5, 0.6) is 5.75 Å². The Hall–Kier alpha value is -1.21. The monoisotopic (exact) mass is 375 g/mol. The summed E-state index contributed by atoms with van der Waals surface area (Å²) in [5.74, 6) is -1.28. The molecule has 0 aromatic heterocycles. The molecule has 0 radical (unpaired) electrons. The van der Waals surface area contributed by atoms with Gasteiger partial charge < -0.3 is 10.5 Å². The van der Waals surface area contributed by atoms with E-state index in [1.165, 1.54) is 7.11 Å². The number of hydrogen-bond donors (Lipinski definition) is 1. The highest BCUT2D eigenvalue weighted by atomic mass is 127. The minimum absolute atomic E-state index is 0.133. The summed E-state index contributed by atoms with van der Waals surface area (Å²) in [5, 5.41) is 0. The van der Waals surface area contributed by atoms with Crippen molar-refractivity contribution >= 4 is 22.6 Å². The Balaban J connectivity index is 2.50. The van der Waals surface area contributed by atoms with E-state index < -0.39 is 17.7 Å². The van der Waals surface area contributed by atoms with Gasteiger partial charge in [0.25, 0.3) is 0 Å². The maximum atomic E-state index is 14.0. The van der Waals surface area contributed by atoms with E-state index in [0.717, 1.165) is 15.7 Å². The van der Waals surface area contributed by atoms with Gasteiger partial charge in [-0.15, -0.1) is 0 Å². The zero-order chi connectivity index (χ0) is 14.0. The molecule has 0 bridgehead atoms. The fourth-order valence-electron chi connectivity index (χ4n) is 1.86. The first kappa shape index (κ1) is 14.2. The molecule has 0 saturated heterocycles. The van der Waals surface area contributed by atoms with Crippen LogP contribution in [0.1, 0.15) is 17.2 Å². The second-order valence-electron chi connectivity index (χ2n) is 4.00. The summed E-state index contributed by atoms with van der Waals surface area (Å²) in [4.78, 5) is 0. The van der Waals surface area contributed by atoms with Crippen molar-refractivity contribution in [3.8, 4) is 5.75 Å². The Morgan fingerprint density at radius 2 is 1.74 bits per heavy atom. The van der Waals surface area contributed by atoms with Gasteiger partial charge in [0.05, 0.1) is 13.2 Å². The van der Waals surface area contributed by atoms with Gasteiger partial charge in [0.15, 0.2) is 0 Å². The highest BCUT2D eigenvalue weighted by Gasteiger charge is 2.21. The molecule has 1 unspecified atom stereocenters. The predicted molar refractivity (Wildman–Crippen MR) is 78.1 cm³/mol. The Morgan fingerprint density at radius 1 is 1.16 bits per heavy atom. The first-order valence-corrected chi connectivity index (χ1v) is 6.65. The third-order valence-corrected chi connectivity index (χ3v) is 3.82. The summed E-state index contributed by atoms with van der Waals surface area (Å²) in [6.45, 7) is 0. The van der Waals surface area contributed by atoms with Crippen molar-refractivity contribution in [3.63, 3.8) is 0 Å². The van der Waals surface area contributed by atoms with Crippen LogP contribution in [-0.4, -0.2) is 7.11 Å². The van der Waals surface area contributed by atoms with Crippen molar-refractivity contribution in [2.75, 3.05) is 7.11 Å². The predicted octanol–water partition coefficient (Wildman–Crippen LogP) is 3.63. The van der Waals surface area contributed by atoms with Crippen LogP contribution in [0.25, 0.3) is 0 Å². The summed E-state index contributed by atoms with van der Waals surface area (Å²) in [6, 6.07) is 8.65. The molecule has 5 heteroatoms. The molecule has 0 amide bonds. The Bertz CT molecular complexity index is 581. The van der Waals surface area contributed by atoms with E-state index in [4.69, 9.17) is 10.5 Å². The lowest BCUT2D eigenvalue weighted by molar-refractivity contribution is 0.404. The molecule has 0 aliphatic heterocycles. The van der Waals surface area contributed by atoms with Crippen LogP contribution in [0, 0.1) is 15.2 Å². The van der Waals surface area contributed by atoms with Gasteiger partial charge in [0.2, 0.25) is 0 Å². The maximum Gasteiger partial charge on any atom is 0.134 e. The van der Waals surface area contributed by atoms with Crippen LogP contribution in [0.3, 0.4) is 0 Å². The molecule has 100 valence electrons. The lowest BCUT2D eigenvalue weighted by Crippen LogP contribution is -2.17. The summed E-state index contributed by atoms with van der Waals surface area (Å²) < 4.78 is 33.6. The van der Waals surface area contributed by atoms with E-state index in [9.17, 15) is 8.78 Å². The molecule has 0 aliphatic carbocycles. The van der Waals surface area contributed by atoms with Gasteiger partial charge in [0, 0.05) is 21.3 Å². The van der Waals surface area contributed by atoms with E-state index in [1.54, 1.807) is 12.1 Å². The van der Waals surface area contributed by atoms with E-state index in [0.29, 0.717) is 5.56 Å². The molecule has 2 nitrogen and oxygen atoms in total. The van der Waals surface area contributed by atoms with E-state index in [-0.39, 0.29) is 11.3 Å². The second-order valence-corrected chi connectivity index (χ2v) is 5.17. The molecule has 2 aromatic rings. The SMILES string of the molecule is COc1cc(F)c(C(N)c2ccccc2I)c(F)c1. The number of halogens is 3. The quantitative estimate of drug-likeness (QED) is 0.832. The van der Waals surface area contributed by atoms with Gasteiger partial charge in [-0.2, -0.15) is 0 Å². The van der Waals surface area contributed by atoms with Crippen LogP contribution in [0.2, 0.25) is 0 Å². The van der Waals surface area contributed by atoms with Gasteiger partial charge >= 0.3 is 0 Å². The topological polar surface area (TPSA) is 35.2 Å². The Labute approximate surface area is 123 Å². The fourth-order valence-corrected chi connectivity index (χ4v) is 2.58. The molecule has 19 heavy (non-hydrogen) atoms. The zero-order valence-corrected chi connectivity index (χ0v) is 12.3. The standard InChI is InChI=1S/C14H12F2INO/c1-19-8-6-10(15)13(11(16)7-8)14(18)9-4-2-3-5-12(9)17/h2-7,14H,18H2,1H3. The number of nitrogens with two attached hydrogens (primary N) is 1. The van der Waals surface area contributed by atoms with Crippen molar-refractivity contribution in [3.05, 3.63) is 62.7 Å². The van der Waals surface area contributed by atoms with Crippen LogP contribution in [0.4, 0.5) is 8.78 Å². The van der Waals surface area contributed by atoms with E-state index in [2.05, 4.69) is 22.6 Å². The van der Waals surface area contributed by atoms with Gasteiger partial charge in [-0.05, 0) is 34.2 Å². The minimum atomic E-state index is -0.848. The largest absolute Gasteiger partial charge is 0.497 e. The third-order valence-electron chi connectivity index (χ3n) is 2.84. The minimum Gasteiger partial charge on any atom is -0.497 e. The first-order valence-electron chi connectivity index (χ1n) is 5.57. The second kappa shape index (κ2) is 5.83. The van der Waals surface area contributed by atoms with Gasteiger partial charge in [-0.1, -0.05) is 18.2 Å². The lowest BCUT2D eigenvalue weighted by Gasteiger charge is -2.16. The molecule has 2 rings (SSSR count). The molecule has 0 saturated carbocycles. The van der Waals surface area contributed by atoms with Crippen LogP contribution in [0.15, 0.2) is 36.4 Å². The molecular weight excluding hydrogens is 363 g/mol.